The number of carbonyl (C=O) groups excluding carboxylic acids is 2. The summed E-state index contributed by atoms with van der Waals surface area (Å²) in [7, 11) is 0. The van der Waals surface area contributed by atoms with Crippen LogP contribution < -0.4 is 11.1 Å². The smallest absolute Gasteiger partial charge is 0.332 e. The molecule has 1 fully saturated rings. The van der Waals surface area contributed by atoms with E-state index in [-0.39, 0.29) is 22.7 Å². The summed E-state index contributed by atoms with van der Waals surface area (Å²) in [6.45, 7) is 0. The summed E-state index contributed by atoms with van der Waals surface area (Å²) in [6, 6.07) is 4.23. The molecule has 0 bridgehead atoms. The maximum atomic E-state index is 12.0. The van der Waals surface area contributed by atoms with Crippen molar-refractivity contribution < 1.29 is 24.2 Å². The van der Waals surface area contributed by atoms with Crippen molar-refractivity contribution in [3.8, 4) is 0 Å². The zero-order valence-electron chi connectivity index (χ0n) is 10.8. The van der Waals surface area contributed by atoms with Crippen LogP contribution in [-0.4, -0.2) is 35.1 Å². The predicted octanol–water partition coefficient (Wildman–Crippen LogP) is 1.01. The van der Waals surface area contributed by atoms with Crippen molar-refractivity contribution in [2.45, 2.75) is 25.0 Å². The molecule has 1 aliphatic rings. The molecule has 0 aliphatic carbocycles. The van der Waals surface area contributed by atoms with E-state index in [0.29, 0.717) is 6.42 Å². The standard InChI is InChI=1S/C13H13ClN2O5/c14-7-2-1-6(11(15)17)5-8(7)16-12(18)9-3-4-10(21-9)13(19)20/h1-2,5,9-10H,3-4H2,(H2,15,17)(H,16,18)(H,19,20). The van der Waals surface area contributed by atoms with Crippen LogP contribution in [0, 0.1) is 0 Å². The van der Waals surface area contributed by atoms with Crippen LogP contribution in [0.25, 0.3) is 0 Å². The molecule has 1 aromatic rings. The molecule has 4 N–H and O–H groups in total. The Morgan fingerprint density at radius 3 is 2.52 bits per heavy atom. The molecule has 0 aromatic heterocycles. The lowest BCUT2D eigenvalue weighted by Crippen LogP contribution is -2.30. The molecule has 2 unspecified atom stereocenters. The first-order chi connectivity index (χ1) is 9.88. The van der Waals surface area contributed by atoms with Gasteiger partial charge in [0.15, 0.2) is 6.10 Å². The maximum absolute atomic E-state index is 12.0. The van der Waals surface area contributed by atoms with Crippen LogP contribution in [0.1, 0.15) is 23.2 Å². The molecule has 8 heteroatoms. The normalized spacial score (nSPS) is 21.0. The number of ether oxygens (including phenoxy) is 1. The maximum Gasteiger partial charge on any atom is 0.332 e. The molecule has 7 nitrogen and oxygen atoms in total. The van der Waals surface area contributed by atoms with E-state index in [1.165, 1.54) is 18.2 Å². The first kappa shape index (κ1) is 15.3. The lowest BCUT2D eigenvalue weighted by atomic mass is 10.1. The first-order valence-electron chi connectivity index (χ1n) is 6.17. The highest BCUT2D eigenvalue weighted by atomic mass is 35.5. The summed E-state index contributed by atoms with van der Waals surface area (Å²) in [5.41, 5.74) is 5.57. The molecule has 2 atom stereocenters. The number of primary amides is 1. The monoisotopic (exact) mass is 312 g/mol. The van der Waals surface area contributed by atoms with E-state index in [0.717, 1.165) is 0 Å². The van der Waals surface area contributed by atoms with Crippen molar-refractivity contribution in [3.63, 3.8) is 0 Å². The number of halogens is 1. The van der Waals surface area contributed by atoms with E-state index < -0.39 is 30.0 Å². The van der Waals surface area contributed by atoms with Crippen LogP contribution in [0.5, 0.6) is 0 Å². The van der Waals surface area contributed by atoms with E-state index in [1.54, 1.807) is 0 Å². The Labute approximate surface area is 125 Å². The molecule has 1 aliphatic heterocycles. The molecular weight excluding hydrogens is 300 g/mol. The number of nitrogens with two attached hydrogens (primary N) is 1. The van der Waals surface area contributed by atoms with Gasteiger partial charge in [0, 0.05) is 5.56 Å². The van der Waals surface area contributed by atoms with Gasteiger partial charge in [0.1, 0.15) is 6.10 Å². The molecular formula is C13H13ClN2O5. The Morgan fingerprint density at radius 2 is 1.95 bits per heavy atom. The van der Waals surface area contributed by atoms with Gasteiger partial charge < -0.3 is 20.9 Å². The molecule has 1 aromatic carbocycles. The molecule has 0 spiro atoms. The van der Waals surface area contributed by atoms with Gasteiger partial charge in [0.25, 0.3) is 5.91 Å². The number of rotatable bonds is 4. The van der Waals surface area contributed by atoms with E-state index >= 15 is 0 Å². The van der Waals surface area contributed by atoms with Crippen molar-refractivity contribution in [3.05, 3.63) is 28.8 Å². The third-order valence-electron chi connectivity index (χ3n) is 3.10. The van der Waals surface area contributed by atoms with Crippen molar-refractivity contribution in [2.75, 3.05) is 5.32 Å². The van der Waals surface area contributed by atoms with Gasteiger partial charge in [-0.15, -0.1) is 0 Å². The van der Waals surface area contributed by atoms with Gasteiger partial charge in [-0.25, -0.2) is 4.79 Å². The predicted molar refractivity (Wildman–Crippen MR) is 74.1 cm³/mol. The Bertz CT molecular complexity index is 604. The number of carboxylic acid groups (broad SMARTS) is 1. The highest BCUT2D eigenvalue weighted by Gasteiger charge is 2.34. The minimum absolute atomic E-state index is 0.199. The Kier molecular flexibility index (Phi) is 4.44. The molecule has 1 heterocycles. The zero-order valence-corrected chi connectivity index (χ0v) is 11.6. The summed E-state index contributed by atoms with van der Waals surface area (Å²) < 4.78 is 5.13. The first-order valence-corrected chi connectivity index (χ1v) is 6.54. The number of aliphatic carboxylic acids is 1. The van der Waals surface area contributed by atoms with Gasteiger partial charge in [-0.3, -0.25) is 9.59 Å². The van der Waals surface area contributed by atoms with E-state index in [2.05, 4.69) is 5.32 Å². The van der Waals surface area contributed by atoms with Gasteiger partial charge >= 0.3 is 5.97 Å². The second kappa shape index (κ2) is 6.11. The van der Waals surface area contributed by atoms with E-state index in [9.17, 15) is 14.4 Å². The molecule has 0 saturated carbocycles. The Morgan fingerprint density at radius 1 is 1.29 bits per heavy atom. The number of hydrogen-bond donors (Lipinski definition) is 3. The minimum Gasteiger partial charge on any atom is -0.479 e. The van der Waals surface area contributed by atoms with Crippen molar-refractivity contribution in [2.24, 2.45) is 5.73 Å². The van der Waals surface area contributed by atoms with Crippen LogP contribution in [0.4, 0.5) is 5.69 Å². The number of anilines is 1. The minimum atomic E-state index is -1.10. The quantitative estimate of drug-likeness (QED) is 0.766. The van der Waals surface area contributed by atoms with Gasteiger partial charge in [-0.2, -0.15) is 0 Å². The second-order valence-corrected chi connectivity index (χ2v) is 4.98. The molecule has 2 rings (SSSR count). The van der Waals surface area contributed by atoms with Crippen LogP contribution in [0.2, 0.25) is 5.02 Å². The Balaban J connectivity index is 2.08. The number of carbonyl (C=O) groups is 3. The lowest BCUT2D eigenvalue weighted by molar-refractivity contribution is -0.150. The summed E-state index contributed by atoms with van der Waals surface area (Å²) in [6.07, 6.45) is -1.27. The van der Waals surface area contributed by atoms with Crippen molar-refractivity contribution >= 4 is 35.1 Å². The number of amides is 2. The molecule has 21 heavy (non-hydrogen) atoms. The van der Waals surface area contributed by atoms with Crippen molar-refractivity contribution in [1.29, 1.82) is 0 Å². The third kappa shape index (κ3) is 3.50. The topological polar surface area (TPSA) is 119 Å². The van der Waals surface area contributed by atoms with Gasteiger partial charge in [0.2, 0.25) is 5.91 Å². The SMILES string of the molecule is NC(=O)c1ccc(Cl)c(NC(=O)C2CCC(C(=O)O)O2)c1. The van der Waals surface area contributed by atoms with Gasteiger partial charge in [-0.05, 0) is 31.0 Å². The van der Waals surface area contributed by atoms with Crippen LogP contribution >= 0.6 is 11.6 Å². The number of carboxylic acids is 1. The number of nitrogens with one attached hydrogen (secondary N) is 1. The third-order valence-corrected chi connectivity index (χ3v) is 3.43. The van der Waals surface area contributed by atoms with Crippen LogP contribution in [-0.2, 0) is 14.3 Å². The molecule has 2 amide bonds. The fourth-order valence-corrected chi connectivity index (χ4v) is 2.16. The average molecular weight is 313 g/mol. The molecule has 1 saturated heterocycles. The average Bonchev–Trinajstić information content (AvgIpc) is 2.90. The van der Waals surface area contributed by atoms with Crippen LogP contribution in [0.3, 0.4) is 0 Å². The van der Waals surface area contributed by atoms with E-state index in [1.807, 2.05) is 0 Å². The van der Waals surface area contributed by atoms with Gasteiger partial charge in [-0.1, -0.05) is 11.6 Å². The lowest BCUT2D eigenvalue weighted by Gasteiger charge is -2.13. The molecule has 0 radical (unpaired) electrons. The van der Waals surface area contributed by atoms with E-state index in [4.69, 9.17) is 27.2 Å². The largest absolute Gasteiger partial charge is 0.479 e. The number of benzene rings is 1. The summed E-state index contributed by atoms with van der Waals surface area (Å²) >= 11 is 5.93. The molecule has 112 valence electrons. The summed E-state index contributed by atoms with van der Waals surface area (Å²) in [4.78, 5) is 33.9. The second-order valence-electron chi connectivity index (χ2n) is 4.58. The van der Waals surface area contributed by atoms with Gasteiger partial charge in [0.05, 0.1) is 10.7 Å². The zero-order chi connectivity index (χ0) is 15.6. The summed E-state index contributed by atoms with van der Waals surface area (Å²) in [5.74, 6) is -2.26. The van der Waals surface area contributed by atoms with Crippen molar-refractivity contribution in [1.82, 2.24) is 0 Å². The van der Waals surface area contributed by atoms with Crippen LogP contribution in [0.15, 0.2) is 18.2 Å². The summed E-state index contributed by atoms with van der Waals surface area (Å²) in [5, 5.41) is 11.6. The number of hydrogen-bond acceptors (Lipinski definition) is 4. The highest BCUT2D eigenvalue weighted by Crippen LogP contribution is 2.25. The fourth-order valence-electron chi connectivity index (χ4n) is 2.00. The fraction of sp³-hybridized carbons (Fsp3) is 0.308. The Hall–Kier alpha value is -2.12. The highest BCUT2D eigenvalue weighted by molar-refractivity contribution is 6.34.